The number of ether oxygens (including phenoxy) is 1. The summed E-state index contributed by atoms with van der Waals surface area (Å²) in [5.74, 6) is -0.736. The van der Waals surface area contributed by atoms with Gasteiger partial charge in [0, 0.05) is 12.5 Å². The third-order valence-corrected chi connectivity index (χ3v) is 2.58. The summed E-state index contributed by atoms with van der Waals surface area (Å²) in [6.45, 7) is 1.05. The number of carboxylic acid groups (broad SMARTS) is 1. The van der Waals surface area contributed by atoms with Gasteiger partial charge < -0.3 is 14.7 Å². The smallest absolute Gasteiger partial charge is 0.334 e. The van der Waals surface area contributed by atoms with Crippen molar-refractivity contribution in [2.24, 2.45) is 5.92 Å². The molecule has 0 radical (unpaired) electrons. The van der Waals surface area contributed by atoms with Crippen LogP contribution in [0.25, 0.3) is 0 Å². The first kappa shape index (κ1) is 9.45. The van der Waals surface area contributed by atoms with Gasteiger partial charge in [0.05, 0.1) is 13.2 Å². The van der Waals surface area contributed by atoms with E-state index in [0.29, 0.717) is 13.2 Å². The monoisotopic (exact) mass is 199 g/mol. The van der Waals surface area contributed by atoms with Crippen molar-refractivity contribution in [3.63, 3.8) is 0 Å². The Balaban J connectivity index is 1.92. The molecule has 0 aromatic heterocycles. The van der Waals surface area contributed by atoms with E-state index in [-0.39, 0.29) is 18.4 Å². The largest absolute Gasteiger partial charge is 0.479 e. The minimum Gasteiger partial charge on any atom is -0.479 e. The van der Waals surface area contributed by atoms with Gasteiger partial charge in [-0.1, -0.05) is 0 Å². The molecule has 1 saturated heterocycles. The standard InChI is InChI=1S/C9H13NO4/c11-8(6-1-2-6)10-3-4-14-7(5-10)9(12)13/h6-7H,1-5H2,(H,12,13). The van der Waals surface area contributed by atoms with E-state index in [4.69, 9.17) is 9.84 Å². The molecule has 2 aliphatic rings. The number of carboxylic acids is 1. The van der Waals surface area contributed by atoms with E-state index in [2.05, 4.69) is 0 Å². The van der Waals surface area contributed by atoms with Crippen LogP contribution in [-0.4, -0.2) is 47.7 Å². The molecule has 1 saturated carbocycles. The van der Waals surface area contributed by atoms with Crippen LogP contribution in [0.1, 0.15) is 12.8 Å². The molecule has 0 aromatic rings. The summed E-state index contributed by atoms with van der Waals surface area (Å²) in [6.07, 6.45) is 1.06. The van der Waals surface area contributed by atoms with E-state index in [0.717, 1.165) is 12.8 Å². The Morgan fingerprint density at radius 3 is 2.64 bits per heavy atom. The maximum absolute atomic E-state index is 11.6. The summed E-state index contributed by atoms with van der Waals surface area (Å²) in [5.41, 5.74) is 0. The summed E-state index contributed by atoms with van der Waals surface area (Å²) in [5, 5.41) is 8.73. The molecule has 1 aliphatic carbocycles. The maximum Gasteiger partial charge on any atom is 0.334 e. The number of aliphatic carboxylic acids is 1. The van der Waals surface area contributed by atoms with Crippen molar-refractivity contribution >= 4 is 11.9 Å². The molecule has 1 atom stereocenters. The molecule has 5 heteroatoms. The fraction of sp³-hybridized carbons (Fsp3) is 0.778. The van der Waals surface area contributed by atoms with Crippen LogP contribution >= 0.6 is 0 Å². The van der Waals surface area contributed by atoms with Crippen LogP contribution in [0.3, 0.4) is 0 Å². The molecule has 2 fully saturated rings. The van der Waals surface area contributed by atoms with Crippen molar-refractivity contribution in [1.82, 2.24) is 4.90 Å². The van der Waals surface area contributed by atoms with Gasteiger partial charge in [-0.3, -0.25) is 4.79 Å². The number of rotatable bonds is 2. The van der Waals surface area contributed by atoms with Crippen LogP contribution < -0.4 is 0 Å². The van der Waals surface area contributed by atoms with Gasteiger partial charge in [-0.2, -0.15) is 0 Å². The molecule has 1 unspecified atom stereocenters. The van der Waals surface area contributed by atoms with Crippen LogP contribution in [0.4, 0.5) is 0 Å². The molecule has 5 nitrogen and oxygen atoms in total. The lowest BCUT2D eigenvalue weighted by molar-refractivity contribution is -0.159. The average Bonchev–Trinajstić information content (AvgIpc) is 3.00. The minimum atomic E-state index is -0.988. The summed E-state index contributed by atoms with van der Waals surface area (Å²) < 4.78 is 5.03. The average molecular weight is 199 g/mol. The predicted octanol–water partition coefficient (Wildman–Crippen LogP) is -0.292. The second-order valence-corrected chi connectivity index (χ2v) is 3.76. The molecule has 1 aliphatic heterocycles. The van der Waals surface area contributed by atoms with Gasteiger partial charge in [0.25, 0.3) is 0 Å². The number of nitrogens with zero attached hydrogens (tertiary/aromatic N) is 1. The molecule has 0 spiro atoms. The maximum atomic E-state index is 11.6. The third-order valence-electron chi connectivity index (χ3n) is 2.58. The fourth-order valence-electron chi connectivity index (χ4n) is 1.59. The molecule has 1 amide bonds. The molecule has 0 aromatic carbocycles. The summed E-state index contributed by atoms with van der Waals surface area (Å²) in [6, 6.07) is 0. The summed E-state index contributed by atoms with van der Waals surface area (Å²) in [4.78, 5) is 23.9. The number of morpholine rings is 1. The van der Waals surface area contributed by atoms with Gasteiger partial charge in [0.2, 0.25) is 5.91 Å². The zero-order chi connectivity index (χ0) is 10.1. The first-order valence-electron chi connectivity index (χ1n) is 4.81. The fourth-order valence-corrected chi connectivity index (χ4v) is 1.59. The van der Waals surface area contributed by atoms with Crippen molar-refractivity contribution < 1.29 is 19.4 Å². The van der Waals surface area contributed by atoms with Crippen LogP contribution in [-0.2, 0) is 14.3 Å². The molecule has 1 N–H and O–H groups in total. The number of carbonyl (C=O) groups excluding carboxylic acids is 1. The van der Waals surface area contributed by atoms with E-state index >= 15 is 0 Å². The Morgan fingerprint density at radius 2 is 2.07 bits per heavy atom. The Hall–Kier alpha value is -1.10. The number of amides is 1. The van der Waals surface area contributed by atoms with Crippen LogP contribution in [0.5, 0.6) is 0 Å². The lowest BCUT2D eigenvalue weighted by Crippen LogP contribution is -2.49. The lowest BCUT2D eigenvalue weighted by atomic mass is 10.2. The Kier molecular flexibility index (Phi) is 2.41. The van der Waals surface area contributed by atoms with Crippen molar-refractivity contribution in [1.29, 1.82) is 0 Å². The van der Waals surface area contributed by atoms with E-state index in [1.165, 1.54) is 0 Å². The van der Waals surface area contributed by atoms with Gasteiger partial charge >= 0.3 is 5.97 Å². The Labute approximate surface area is 81.6 Å². The van der Waals surface area contributed by atoms with Crippen molar-refractivity contribution in [3.05, 3.63) is 0 Å². The Bertz CT molecular complexity index is 262. The number of hydrogen-bond acceptors (Lipinski definition) is 3. The quantitative estimate of drug-likeness (QED) is 0.663. The lowest BCUT2D eigenvalue weighted by Gasteiger charge is -2.30. The van der Waals surface area contributed by atoms with Crippen LogP contribution in [0.15, 0.2) is 0 Å². The van der Waals surface area contributed by atoms with Gasteiger partial charge in [-0.25, -0.2) is 4.79 Å². The molecule has 2 rings (SSSR count). The highest BCUT2D eigenvalue weighted by Gasteiger charge is 2.37. The molecule has 14 heavy (non-hydrogen) atoms. The normalized spacial score (nSPS) is 27.4. The topological polar surface area (TPSA) is 66.8 Å². The summed E-state index contributed by atoms with van der Waals surface area (Å²) in [7, 11) is 0. The second-order valence-electron chi connectivity index (χ2n) is 3.76. The van der Waals surface area contributed by atoms with Gasteiger partial charge in [0.15, 0.2) is 6.10 Å². The third kappa shape index (κ3) is 1.87. The molecular formula is C9H13NO4. The second kappa shape index (κ2) is 3.57. The highest BCUT2D eigenvalue weighted by molar-refractivity contribution is 5.82. The zero-order valence-corrected chi connectivity index (χ0v) is 7.81. The molecule has 78 valence electrons. The van der Waals surface area contributed by atoms with E-state index in [1.807, 2.05) is 0 Å². The highest BCUT2D eigenvalue weighted by Crippen LogP contribution is 2.31. The van der Waals surface area contributed by atoms with Gasteiger partial charge in [0.1, 0.15) is 0 Å². The minimum absolute atomic E-state index is 0.0968. The zero-order valence-electron chi connectivity index (χ0n) is 7.81. The molecule has 0 bridgehead atoms. The molecule has 1 heterocycles. The van der Waals surface area contributed by atoms with E-state index in [9.17, 15) is 9.59 Å². The van der Waals surface area contributed by atoms with Crippen LogP contribution in [0, 0.1) is 5.92 Å². The van der Waals surface area contributed by atoms with Gasteiger partial charge in [-0.05, 0) is 12.8 Å². The first-order chi connectivity index (χ1) is 6.68. The van der Waals surface area contributed by atoms with E-state index < -0.39 is 12.1 Å². The van der Waals surface area contributed by atoms with Crippen molar-refractivity contribution in [2.75, 3.05) is 19.7 Å². The predicted molar refractivity (Wildman–Crippen MR) is 46.7 cm³/mol. The van der Waals surface area contributed by atoms with Crippen LogP contribution in [0.2, 0.25) is 0 Å². The first-order valence-corrected chi connectivity index (χ1v) is 4.81. The SMILES string of the molecule is O=C(O)C1CN(C(=O)C2CC2)CCO1. The van der Waals surface area contributed by atoms with Crippen molar-refractivity contribution in [3.8, 4) is 0 Å². The number of carbonyl (C=O) groups is 2. The van der Waals surface area contributed by atoms with E-state index in [1.54, 1.807) is 4.90 Å². The molecular weight excluding hydrogens is 186 g/mol. The van der Waals surface area contributed by atoms with Crippen molar-refractivity contribution in [2.45, 2.75) is 18.9 Å². The Morgan fingerprint density at radius 1 is 1.36 bits per heavy atom. The number of hydrogen-bond donors (Lipinski definition) is 1. The highest BCUT2D eigenvalue weighted by atomic mass is 16.5. The van der Waals surface area contributed by atoms with Gasteiger partial charge in [-0.15, -0.1) is 0 Å². The summed E-state index contributed by atoms with van der Waals surface area (Å²) >= 11 is 0.